The summed E-state index contributed by atoms with van der Waals surface area (Å²) in [6.07, 6.45) is 3.97. The van der Waals surface area contributed by atoms with Gasteiger partial charge in [-0.25, -0.2) is 0 Å². The van der Waals surface area contributed by atoms with Crippen LogP contribution in [-0.4, -0.2) is 52.2 Å². The van der Waals surface area contributed by atoms with Crippen molar-refractivity contribution < 1.29 is 4.79 Å². The van der Waals surface area contributed by atoms with Crippen molar-refractivity contribution in [2.75, 3.05) is 20.6 Å². The number of carbonyl (C=O) groups excluding carboxylic acids is 1. The fourth-order valence-corrected chi connectivity index (χ4v) is 4.20. The minimum Gasteiger partial charge on any atom is -0.333 e. The number of likely N-dealkylation sites (N-methyl/N-ethyl adjacent to an activating group) is 1. The molecule has 1 aromatic carbocycles. The quantitative estimate of drug-likeness (QED) is 0.841. The molecule has 2 aliphatic rings. The van der Waals surface area contributed by atoms with Crippen molar-refractivity contribution >= 4 is 5.91 Å². The van der Waals surface area contributed by atoms with E-state index in [9.17, 15) is 4.79 Å². The Labute approximate surface area is 149 Å². The number of aromatic nitrogens is 2. The van der Waals surface area contributed by atoms with Crippen molar-refractivity contribution in [1.82, 2.24) is 19.6 Å². The van der Waals surface area contributed by atoms with Crippen molar-refractivity contribution in [3.63, 3.8) is 0 Å². The Morgan fingerprint density at radius 2 is 1.96 bits per heavy atom. The van der Waals surface area contributed by atoms with Crippen LogP contribution in [-0.2, 0) is 32.9 Å². The van der Waals surface area contributed by atoms with Crippen LogP contribution in [0.2, 0.25) is 0 Å². The number of hydrogen-bond donors (Lipinski definition) is 0. The van der Waals surface area contributed by atoms with Gasteiger partial charge in [0.1, 0.15) is 0 Å². The molecule has 0 radical (unpaired) electrons. The third-order valence-electron chi connectivity index (χ3n) is 5.78. The molecule has 1 aromatic heterocycles. The molecule has 0 fully saturated rings. The predicted molar refractivity (Wildman–Crippen MR) is 97.6 cm³/mol. The Morgan fingerprint density at radius 1 is 1.20 bits per heavy atom. The van der Waals surface area contributed by atoms with Gasteiger partial charge in [-0.05, 0) is 50.9 Å². The minimum atomic E-state index is 0.0887. The maximum absolute atomic E-state index is 13.2. The van der Waals surface area contributed by atoms with Gasteiger partial charge in [0.2, 0.25) is 0 Å². The van der Waals surface area contributed by atoms with E-state index < -0.39 is 0 Å². The Morgan fingerprint density at radius 3 is 2.72 bits per heavy atom. The van der Waals surface area contributed by atoms with Gasteiger partial charge in [0.25, 0.3) is 5.91 Å². The molecule has 0 saturated heterocycles. The summed E-state index contributed by atoms with van der Waals surface area (Å²) in [5.74, 6) is 0.0887. The van der Waals surface area contributed by atoms with E-state index in [0.29, 0.717) is 18.3 Å². The number of fused-ring (bicyclic) bond motifs is 2. The third-order valence-corrected chi connectivity index (χ3v) is 5.78. The molecule has 2 aromatic rings. The van der Waals surface area contributed by atoms with E-state index >= 15 is 0 Å². The minimum absolute atomic E-state index is 0.0887. The van der Waals surface area contributed by atoms with Crippen LogP contribution in [0.15, 0.2) is 24.3 Å². The normalized spacial score (nSPS) is 19.7. The van der Waals surface area contributed by atoms with Crippen LogP contribution in [0.1, 0.15) is 39.3 Å². The first-order valence-electron chi connectivity index (χ1n) is 9.12. The zero-order valence-corrected chi connectivity index (χ0v) is 15.3. The predicted octanol–water partition coefficient (Wildman–Crippen LogP) is 2.04. The van der Waals surface area contributed by atoms with Gasteiger partial charge < -0.3 is 9.80 Å². The Balaban J connectivity index is 1.62. The molecule has 2 heterocycles. The highest BCUT2D eigenvalue weighted by Gasteiger charge is 2.32. The van der Waals surface area contributed by atoms with Gasteiger partial charge in [-0.2, -0.15) is 5.10 Å². The van der Waals surface area contributed by atoms with Crippen LogP contribution in [0, 0.1) is 0 Å². The lowest BCUT2D eigenvalue weighted by Crippen LogP contribution is -2.38. The molecule has 1 atom stereocenters. The molecule has 1 unspecified atom stereocenters. The molecule has 4 rings (SSSR count). The van der Waals surface area contributed by atoms with Crippen molar-refractivity contribution in [3.05, 3.63) is 52.3 Å². The maximum Gasteiger partial charge on any atom is 0.274 e. The van der Waals surface area contributed by atoms with Gasteiger partial charge in [0, 0.05) is 37.4 Å². The van der Waals surface area contributed by atoms with Gasteiger partial charge >= 0.3 is 0 Å². The fraction of sp³-hybridized carbons (Fsp3) is 0.500. The SMILES string of the molecule is CN(C)C1CCc2c(c(C(=O)N3CCc4ccccc4C3)nn2C)C1. The molecular formula is C20H26N4O. The summed E-state index contributed by atoms with van der Waals surface area (Å²) >= 11 is 0. The number of amides is 1. The van der Waals surface area contributed by atoms with Crippen LogP contribution < -0.4 is 0 Å². The van der Waals surface area contributed by atoms with Gasteiger partial charge in [-0.15, -0.1) is 0 Å². The summed E-state index contributed by atoms with van der Waals surface area (Å²) in [7, 11) is 6.21. The molecule has 0 spiro atoms. The number of hydrogen-bond acceptors (Lipinski definition) is 3. The Hall–Kier alpha value is -2.14. The molecule has 1 aliphatic carbocycles. The van der Waals surface area contributed by atoms with Crippen LogP contribution in [0.25, 0.3) is 0 Å². The molecule has 0 bridgehead atoms. The summed E-state index contributed by atoms with van der Waals surface area (Å²) in [6.45, 7) is 1.47. The van der Waals surface area contributed by atoms with Crippen molar-refractivity contribution in [3.8, 4) is 0 Å². The first kappa shape index (κ1) is 16.3. The zero-order valence-electron chi connectivity index (χ0n) is 15.3. The van der Waals surface area contributed by atoms with E-state index in [1.807, 2.05) is 16.6 Å². The Kier molecular flexibility index (Phi) is 4.12. The van der Waals surface area contributed by atoms with Gasteiger partial charge in [0.15, 0.2) is 5.69 Å². The second kappa shape index (κ2) is 6.30. The lowest BCUT2D eigenvalue weighted by Gasteiger charge is -2.30. The second-order valence-electron chi connectivity index (χ2n) is 7.50. The van der Waals surface area contributed by atoms with E-state index in [1.165, 1.54) is 16.8 Å². The topological polar surface area (TPSA) is 41.4 Å². The van der Waals surface area contributed by atoms with Gasteiger partial charge in [-0.1, -0.05) is 24.3 Å². The summed E-state index contributed by atoms with van der Waals surface area (Å²) in [5, 5.41) is 4.62. The summed E-state index contributed by atoms with van der Waals surface area (Å²) < 4.78 is 1.92. The van der Waals surface area contributed by atoms with Crippen LogP contribution in [0.5, 0.6) is 0 Å². The molecule has 132 valence electrons. The maximum atomic E-state index is 13.2. The molecule has 25 heavy (non-hydrogen) atoms. The Bertz CT molecular complexity index is 808. The van der Waals surface area contributed by atoms with Gasteiger partial charge in [-0.3, -0.25) is 9.48 Å². The lowest BCUT2D eigenvalue weighted by atomic mass is 9.90. The number of aryl methyl sites for hydroxylation is 1. The smallest absolute Gasteiger partial charge is 0.274 e. The number of carbonyl (C=O) groups is 1. The number of nitrogens with zero attached hydrogens (tertiary/aromatic N) is 4. The highest BCUT2D eigenvalue weighted by Crippen LogP contribution is 2.28. The van der Waals surface area contributed by atoms with E-state index in [-0.39, 0.29) is 5.91 Å². The molecule has 0 N–H and O–H groups in total. The largest absolute Gasteiger partial charge is 0.333 e. The zero-order chi connectivity index (χ0) is 17.6. The molecule has 5 nitrogen and oxygen atoms in total. The summed E-state index contributed by atoms with van der Waals surface area (Å²) in [6, 6.07) is 8.92. The molecule has 1 aliphatic heterocycles. The molecule has 0 saturated carbocycles. The monoisotopic (exact) mass is 338 g/mol. The van der Waals surface area contributed by atoms with E-state index in [2.05, 4.69) is 48.4 Å². The van der Waals surface area contributed by atoms with Crippen LogP contribution in [0.3, 0.4) is 0 Å². The first-order chi connectivity index (χ1) is 12.0. The van der Waals surface area contributed by atoms with Crippen LogP contribution >= 0.6 is 0 Å². The fourth-order valence-electron chi connectivity index (χ4n) is 4.20. The number of rotatable bonds is 2. The van der Waals surface area contributed by atoms with E-state index in [0.717, 1.165) is 37.8 Å². The molecule has 5 heteroatoms. The van der Waals surface area contributed by atoms with Crippen LogP contribution in [0.4, 0.5) is 0 Å². The summed E-state index contributed by atoms with van der Waals surface area (Å²) in [5.41, 5.74) is 5.69. The van der Waals surface area contributed by atoms with E-state index in [4.69, 9.17) is 0 Å². The average molecular weight is 338 g/mol. The second-order valence-corrected chi connectivity index (χ2v) is 7.50. The van der Waals surface area contributed by atoms with E-state index in [1.54, 1.807) is 0 Å². The average Bonchev–Trinajstić information content (AvgIpc) is 2.97. The van der Waals surface area contributed by atoms with Crippen molar-refractivity contribution in [2.45, 2.75) is 38.3 Å². The molecule has 1 amide bonds. The standard InChI is InChI=1S/C20H26N4O/c1-22(2)16-8-9-18-17(12-16)19(21-23(18)3)20(25)24-11-10-14-6-4-5-7-15(14)13-24/h4-7,16H,8-13H2,1-3H3. The van der Waals surface area contributed by atoms with Gasteiger partial charge in [0.05, 0.1) is 0 Å². The highest BCUT2D eigenvalue weighted by molar-refractivity contribution is 5.94. The highest BCUT2D eigenvalue weighted by atomic mass is 16.2. The van der Waals surface area contributed by atoms with Crippen molar-refractivity contribution in [1.29, 1.82) is 0 Å². The third kappa shape index (κ3) is 2.86. The first-order valence-corrected chi connectivity index (χ1v) is 9.12. The number of benzene rings is 1. The molecular weight excluding hydrogens is 312 g/mol. The lowest BCUT2D eigenvalue weighted by molar-refractivity contribution is 0.0726. The summed E-state index contributed by atoms with van der Waals surface area (Å²) in [4.78, 5) is 17.4. The van der Waals surface area contributed by atoms with Crippen molar-refractivity contribution in [2.24, 2.45) is 7.05 Å².